The maximum Gasteiger partial charge on any atom is 0.237 e. The quantitative estimate of drug-likeness (QED) is 0.871. The Morgan fingerprint density at radius 2 is 2.26 bits per heavy atom. The molecule has 6 heteroatoms. The Balaban J connectivity index is 2.37. The summed E-state index contributed by atoms with van der Waals surface area (Å²) >= 11 is 11.9. The highest BCUT2D eigenvalue weighted by atomic mass is 35.5. The van der Waals surface area contributed by atoms with Crippen LogP contribution in [0, 0.1) is 5.82 Å². The van der Waals surface area contributed by atoms with E-state index in [0.29, 0.717) is 29.2 Å². The maximum absolute atomic E-state index is 13.5. The van der Waals surface area contributed by atoms with Gasteiger partial charge in [0.25, 0.3) is 0 Å². The normalized spacial score (nSPS) is 17.7. The fraction of sp³-hybridized carbons (Fsp3) is 0.462. The van der Waals surface area contributed by atoms with Crippen LogP contribution >= 0.6 is 23.2 Å². The SMILES string of the molecule is CC(c1cc(F)cc(Cl)c1CCl)N1CCNCC1=O. The molecule has 1 fully saturated rings. The lowest BCUT2D eigenvalue weighted by Crippen LogP contribution is -2.49. The van der Waals surface area contributed by atoms with Gasteiger partial charge in [-0.25, -0.2) is 4.39 Å². The average molecular weight is 305 g/mol. The molecule has 1 saturated heterocycles. The monoisotopic (exact) mass is 304 g/mol. The minimum Gasteiger partial charge on any atom is -0.334 e. The maximum atomic E-state index is 13.5. The van der Waals surface area contributed by atoms with E-state index in [2.05, 4.69) is 5.32 Å². The third kappa shape index (κ3) is 3.02. The van der Waals surface area contributed by atoms with Crippen LogP contribution in [0.5, 0.6) is 0 Å². The number of carbonyl (C=O) groups excluding carboxylic acids is 1. The third-order valence-corrected chi connectivity index (χ3v) is 3.98. The van der Waals surface area contributed by atoms with E-state index < -0.39 is 5.82 Å². The van der Waals surface area contributed by atoms with Crippen molar-refractivity contribution in [1.29, 1.82) is 0 Å². The van der Waals surface area contributed by atoms with E-state index in [1.165, 1.54) is 12.1 Å². The summed E-state index contributed by atoms with van der Waals surface area (Å²) < 4.78 is 13.5. The van der Waals surface area contributed by atoms with Crippen LogP contribution in [0.4, 0.5) is 4.39 Å². The molecule has 1 aliphatic heterocycles. The number of carbonyl (C=O) groups is 1. The van der Waals surface area contributed by atoms with Crippen molar-refractivity contribution in [3.63, 3.8) is 0 Å². The van der Waals surface area contributed by atoms with Gasteiger partial charge in [-0.15, -0.1) is 11.6 Å². The van der Waals surface area contributed by atoms with Gasteiger partial charge in [0.05, 0.1) is 12.6 Å². The third-order valence-electron chi connectivity index (χ3n) is 3.37. The molecule has 0 aliphatic carbocycles. The highest BCUT2D eigenvalue weighted by Gasteiger charge is 2.26. The molecule has 0 radical (unpaired) electrons. The van der Waals surface area contributed by atoms with Gasteiger partial charge >= 0.3 is 0 Å². The van der Waals surface area contributed by atoms with E-state index in [0.717, 1.165) is 6.54 Å². The summed E-state index contributed by atoms with van der Waals surface area (Å²) in [6.07, 6.45) is 0. The molecule has 0 saturated carbocycles. The first-order chi connectivity index (χ1) is 9.04. The molecule has 19 heavy (non-hydrogen) atoms. The molecule has 2 rings (SSSR count). The van der Waals surface area contributed by atoms with Crippen LogP contribution in [-0.4, -0.2) is 30.4 Å². The smallest absolute Gasteiger partial charge is 0.237 e. The molecule has 104 valence electrons. The van der Waals surface area contributed by atoms with E-state index in [-0.39, 0.29) is 17.8 Å². The van der Waals surface area contributed by atoms with E-state index in [4.69, 9.17) is 23.2 Å². The largest absolute Gasteiger partial charge is 0.334 e. The van der Waals surface area contributed by atoms with Crippen molar-refractivity contribution in [1.82, 2.24) is 10.2 Å². The molecule has 1 N–H and O–H groups in total. The molecule has 1 aromatic rings. The van der Waals surface area contributed by atoms with Crippen molar-refractivity contribution in [3.8, 4) is 0 Å². The fourth-order valence-corrected chi connectivity index (χ4v) is 2.98. The number of nitrogens with one attached hydrogen (secondary N) is 1. The summed E-state index contributed by atoms with van der Waals surface area (Å²) in [5.74, 6) is -0.220. The number of hydrogen-bond acceptors (Lipinski definition) is 2. The Morgan fingerprint density at radius 1 is 1.53 bits per heavy atom. The van der Waals surface area contributed by atoms with Gasteiger partial charge in [0.1, 0.15) is 5.82 Å². The Morgan fingerprint density at radius 3 is 2.89 bits per heavy atom. The molecular formula is C13H15Cl2FN2O. The van der Waals surface area contributed by atoms with Crippen molar-refractivity contribution in [3.05, 3.63) is 34.1 Å². The lowest BCUT2D eigenvalue weighted by molar-refractivity contribution is -0.134. The number of amides is 1. The van der Waals surface area contributed by atoms with Crippen LogP contribution in [0.3, 0.4) is 0 Å². The number of rotatable bonds is 3. The summed E-state index contributed by atoms with van der Waals surface area (Å²) in [4.78, 5) is 13.6. The van der Waals surface area contributed by atoms with Gasteiger partial charge in [0.15, 0.2) is 0 Å². The topological polar surface area (TPSA) is 32.3 Å². The minimum absolute atomic E-state index is 0.000318. The van der Waals surface area contributed by atoms with Crippen LogP contribution in [-0.2, 0) is 10.7 Å². The lowest BCUT2D eigenvalue weighted by Gasteiger charge is -2.34. The second-order valence-corrected chi connectivity index (χ2v) is 5.20. The summed E-state index contributed by atoms with van der Waals surface area (Å²) in [5.41, 5.74) is 1.36. The molecule has 1 aromatic carbocycles. The first-order valence-corrected chi connectivity index (χ1v) is 6.99. The van der Waals surface area contributed by atoms with Crippen molar-refractivity contribution in [2.24, 2.45) is 0 Å². The highest BCUT2D eigenvalue weighted by molar-refractivity contribution is 6.32. The molecule has 1 aliphatic rings. The first kappa shape index (κ1) is 14.6. The van der Waals surface area contributed by atoms with Crippen LogP contribution in [0.25, 0.3) is 0 Å². The Labute approximate surface area is 121 Å². The summed E-state index contributed by atoms with van der Waals surface area (Å²) in [5, 5.41) is 3.31. The van der Waals surface area contributed by atoms with Gasteiger partial charge in [0.2, 0.25) is 5.91 Å². The number of benzene rings is 1. The zero-order chi connectivity index (χ0) is 14.0. The first-order valence-electron chi connectivity index (χ1n) is 6.08. The molecule has 1 unspecified atom stereocenters. The van der Waals surface area contributed by atoms with E-state index >= 15 is 0 Å². The number of alkyl halides is 1. The van der Waals surface area contributed by atoms with Gasteiger partial charge in [-0.2, -0.15) is 0 Å². The summed E-state index contributed by atoms with van der Waals surface area (Å²) in [6, 6.07) is 2.41. The predicted molar refractivity (Wildman–Crippen MR) is 74.0 cm³/mol. The summed E-state index contributed by atoms with van der Waals surface area (Å²) in [6.45, 7) is 3.50. The van der Waals surface area contributed by atoms with Crippen molar-refractivity contribution >= 4 is 29.1 Å². The van der Waals surface area contributed by atoms with Crippen molar-refractivity contribution < 1.29 is 9.18 Å². The van der Waals surface area contributed by atoms with Crippen LogP contribution in [0.15, 0.2) is 12.1 Å². The standard InChI is InChI=1S/C13H15Cl2FN2O/c1-8(18-3-2-17-7-13(18)19)10-4-9(16)5-12(15)11(10)6-14/h4-5,8,17H,2-3,6-7H2,1H3. The lowest BCUT2D eigenvalue weighted by atomic mass is 10.00. The highest BCUT2D eigenvalue weighted by Crippen LogP contribution is 2.31. The molecule has 3 nitrogen and oxygen atoms in total. The van der Waals surface area contributed by atoms with Crippen molar-refractivity contribution in [2.75, 3.05) is 19.6 Å². The van der Waals surface area contributed by atoms with Gasteiger partial charge in [0, 0.05) is 24.0 Å². The number of nitrogens with zero attached hydrogens (tertiary/aromatic N) is 1. The second kappa shape index (κ2) is 6.07. The van der Waals surface area contributed by atoms with Gasteiger partial charge in [-0.1, -0.05) is 11.6 Å². The minimum atomic E-state index is -0.414. The molecule has 0 bridgehead atoms. The molecule has 0 spiro atoms. The van der Waals surface area contributed by atoms with E-state index in [1.54, 1.807) is 4.90 Å². The van der Waals surface area contributed by atoms with Crippen LogP contribution in [0.2, 0.25) is 5.02 Å². The fourth-order valence-electron chi connectivity index (χ4n) is 2.34. The number of piperazine rings is 1. The molecule has 1 atom stereocenters. The van der Waals surface area contributed by atoms with Crippen molar-refractivity contribution in [2.45, 2.75) is 18.8 Å². The number of hydrogen-bond donors (Lipinski definition) is 1. The Bertz CT molecular complexity index is 496. The Kier molecular flexibility index (Phi) is 4.66. The molecule has 0 aromatic heterocycles. The van der Waals surface area contributed by atoms with E-state index in [9.17, 15) is 9.18 Å². The van der Waals surface area contributed by atoms with E-state index in [1.807, 2.05) is 6.92 Å². The molecule has 1 amide bonds. The summed E-state index contributed by atoms with van der Waals surface area (Å²) in [7, 11) is 0. The predicted octanol–water partition coefficient (Wildman–Crippen LogP) is 2.71. The molecule has 1 heterocycles. The van der Waals surface area contributed by atoms with Gasteiger partial charge < -0.3 is 10.2 Å². The average Bonchev–Trinajstić information content (AvgIpc) is 2.37. The second-order valence-electron chi connectivity index (χ2n) is 4.53. The zero-order valence-electron chi connectivity index (χ0n) is 10.5. The molecular weight excluding hydrogens is 290 g/mol. The Hall–Kier alpha value is -0.840. The van der Waals surface area contributed by atoms with Gasteiger partial charge in [-0.3, -0.25) is 4.79 Å². The van der Waals surface area contributed by atoms with Crippen LogP contribution in [0.1, 0.15) is 24.1 Å². The van der Waals surface area contributed by atoms with Gasteiger partial charge in [-0.05, 0) is 30.2 Å². The number of halogens is 3. The zero-order valence-corrected chi connectivity index (χ0v) is 12.1. The van der Waals surface area contributed by atoms with Crippen LogP contribution < -0.4 is 5.32 Å².